The molecule has 0 saturated heterocycles. The molecule has 2 unspecified atom stereocenters. The third-order valence-corrected chi connectivity index (χ3v) is 5.85. The van der Waals surface area contributed by atoms with Gasteiger partial charge in [-0.15, -0.1) is 0 Å². The van der Waals surface area contributed by atoms with Gasteiger partial charge in [-0.05, 0) is 51.0 Å². The van der Waals surface area contributed by atoms with Crippen LogP contribution in [0.15, 0.2) is 71.8 Å². The molecule has 0 bridgehead atoms. The molecule has 0 saturated carbocycles. The summed E-state index contributed by atoms with van der Waals surface area (Å²) < 4.78 is 0. The van der Waals surface area contributed by atoms with Gasteiger partial charge in [0.2, 0.25) is 0 Å². The highest BCUT2D eigenvalue weighted by molar-refractivity contribution is 5.88. The van der Waals surface area contributed by atoms with Gasteiger partial charge in [-0.2, -0.15) is 0 Å². The van der Waals surface area contributed by atoms with E-state index in [1.165, 1.54) is 39.0 Å². The molecular formula is C23H16. The molecule has 0 heteroatoms. The van der Waals surface area contributed by atoms with Crippen molar-refractivity contribution in [2.24, 2.45) is 5.92 Å². The molecular weight excluding hydrogens is 276 g/mol. The summed E-state index contributed by atoms with van der Waals surface area (Å²) in [5, 5.41) is 0. The van der Waals surface area contributed by atoms with Crippen LogP contribution in [-0.4, -0.2) is 0 Å². The van der Waals surface area contributed by atoms with E-state index in [-0.39, 0.29) is 0 Å². The Labute approximate surface area is 136 Å². The van der Waals surface area contributed by atoms with Crippen LogP contribution < -0.4 is 0 Å². The van der Waals surface area contributed by atoms with Crippen LogP contribution in [0, 0.1) is 5.92 Å². The fourth-order valence-electron chi connectivity index (χ4n) is 4.95. The molecule has 2 aromatic rings. The van der Waals surface area contributed by atoms with E-state index in [4.69, 9.17) is 0 Å². The predicted molar refractivity (Wildman–Crippen MR) is 95.9 cm³/mol. The van der Waals surface area contributed by atoms with E-state index in [1.54, 1.807) is 5.57 Å². The van der Waals surface area contributed by atoms with Crippen molar-refractivity contribution in [2.75, 3.05) is 0 Å². The second-order valence-electron chi connectivity index (χ2n) is 6.96. The topological polar surface area (TPSA) is 0 Å². The Kier molecular flexibility index (Phi) is 2.08. The molecule has 0 aromatic heterocycles. The number of benzene rings is 2. The zero-order valence-electron chi connectivity index (χ0n) is 12.8. The van der Waals surface area contributed by atoms with Crippen molar-refractivity contribution < 1.29 is 0 Å². The minimum absolute atomic E-state index is 0.493. The van der Waals surface area contributed by atoms with Crippen molar-refractivity contribution in [3.63, 3.8) is 0 Å². The van der Waals surface area contributed by atoms with Gasteiger partial charge in [0, 0.05) is 11.8 Å². The monoisotopic (exact) mass is 292 g/mol. The van der Waals surface area contributed by atoms with E-state index < -0.39 is 0 Å². The fraction of sp³-hybridized carbons (Fsp3) is 0.130. The zero-order chi connectivity index (χ0) is 15.0. The van der Waals surface area contributed by atoms with Gasteiger partial charge in [0.1, 0.15) is 0 Å². The maximum absolute atomic E-state index is 2.46. The van der Waals surface area contributed by atoms with Crippen LogP contribution in [0.2, 0.25) is 0 Å². The van der Waals surface area contributed by atoms with Crippen LogP contribution in [0.1, 0.15) is 33.7 Å². The van der Waals surface area contributed by atoms with E-state index >= 15 is 0 Å². The minimum atomic E-state index is 0.493. The molecule has 6 rings (SSSR count). The summed E-state index contributed by atoms with van der Waals surface area (Å²) in [6.45, 7) is 0. The van der Waals surface area contributed by atoms with Gasteiger partial charge in [0.15, 0.2) is 0 Å². The zero-order valence-corrected chi connectivity index (χ0v) is 12.8. The summed E-state index contributed by atoms with van der Waals surface area (Å²) in [4.78, 5) is 0. The summed E-state index contributed by atoms with van der Waals surface area (Å²) in [6, 6.07) is 15.6. The Balaban J connectivity index is 1.65. The normalized spacial score (nSPS) is 25.0. The summed E-state index contributed by atoms with van der Waals surface area (Å²) in [7, 11) is 0. The third-order valence-electron chi connectivity index (χ3n) is 5.85. The molecule has 0 heterocycles. The van der Waals surface area contributed by atoms with Crippen LogP contribution in [0.4, 0.5) is 0 Å². The standard InChI is InChI=1S/C23H16/c1-2-7-19-16(4-1)12-18-13-17-9-8-14-5-3-6-15-10-11-20(22(18)19)23(17)21(14)15/h1-11,13,20,23H,12H2. The largest absolute Gasteiger partial charge is 0.0754 e. The molecule has 2 atom stereocenters. The SMILES string of the molecule is C1=Cc2cccc3c2C2C1=CC1=C(c4ccccc4C1)C2C=C3. The Morgan fingerprint density at radius 3 is 2.65 bits per heavy atom. The van der Waals surface area contributed by atoms with Crippen molar-refractivity contribution in [1.29, 1.82) is 0 Å². The highest BCUT2D eigenvalue weighted by atomic mass is 14.4. The molecule has 0 nitrogen and oxygen atoms in total. The Morgan fingerprint density at radius 2 is 1.70 bits per heavy atom. The summed E-state index contributed by atoms with van der Waals surface area (Å²) in [5.41, 5.74) is 11.9. The lowest BCUT2D eigenvalue weighted by molar-refractivity contribution is 0.677. The average molecular weight is 292 g/mol. The summed E-state index contributed by atoms with van der Waals surface area (Å²) in [6.07, 6.45) is 13.0. The van der Waals surface area contributed by atoms with E-state index in [0.29, 0.717) is 11.8 Å². The first kappa shape index (κ1) is 11.9. The lowest BCUT2D eigenvalue weighted by Gasteiger charge is -2.38. The van der Waals surface area contributed by atoms with Gasteiger partial charge in [-0.1, -0.05) is 72.8 Å². The molecule has 0 spiro atoms. The van der Waals surface area contributed by atoms with E-state index in [9.17, 15) is 0 Å². The second kappa shape index (κ2) is 4.02. The van der Waals surface area contributed by atoms with Crippen molar-refractivity contribution in [2.45, 2.75) is 12.3 Å². The number of rotatable bonds is 0. The molecule has 0 radical (unpaired) electrons. The first-order chi connectivity index (χ1) is 11.4. The van der Waals surface area contributed by atoms with Crippen molar-refractivity contribution in [1.82, 2.24) is 0 Å². The van der Waals surface area contributed by atoms with Crippen molar-refractivity contribution >= 4 is 17.7 Å². The molecule has 23 heavy (non-hydrogen) atoms. The number of fused-ring (bicyclic) bond motifs is 3. The maximum Gasteiger partial charge on any atom is 0.0205 e. The highest BCUT2D eigenvalue weighted by Crippen LogP contribution is 2.55. The first-order valence-corrected chi connectivity index (χ1v) is 8.42. The molecule has 4 aliphatic rings. The molecule has 0 N–H and O–H groups in total. The maximum atomic E-state index is 2.46. The smallest absolute Gasteiger partial charge is 0.0205 e. The Morgan fingerprint density at radius 1 is 0.826 bits per heavy atom. The molecule has 0 amide bonds. The van der Waals surface area contributed by atoms with Crippen LogP contribution in [0.3, 0.4) is 0 Å². The van der Waals surface area contributed by atoms with Gasteiger partial charge < -0.3 is 0 Å². The summed E-state index contributed by atoms with van der Waals surface area (Å²) in [5.74, 6) is 0.994. The van der Waals surface area contributed by atoms with Gasteiger partial charge in [0.25, 0.3) is 0 Å². The Bertz CT molecular complexity index is 994. The van der Waals surface area contributed by atoms with E-state index in [1.807, 2.05) is 0 Å². The van der Waals surface area contributed by atoms with Crippen LogP contribution in [-0.2, 0) is 6.42 Å². The molecule has 0 fully saturated rings. The molecule has 0 aliphatic heterocycles. The lowest BCUT2D eigenvalue weighted by Crippen LogP contribution is -2.23. The van der Waals surface area contributed by atoms with Crippen LogP contribution in [0.25, 0.3) is 17.7 Å². The van der Waals surface area contributed by atoms with Crippen molar-refractivity contribution in [3.8, 4) is 0 Å². The first-order valence-electron chi connectivity index (χ1n) is 8.42. The molecule has 2 aromatic carbocycles. The van der Waals surface area contributed by atoms with Gasteiger partial charge in [-0.3, -0.25) is 0 Å². The highest BCUT2D eigenvalue weighted by Gasteiger charge is 2.40. The van der Waals surface area contributed by atoms with Crippen molar-refractivity contribution in [3.05, 3.63) is 99.7 Å². The fourth-order valence-corrected chi connectivity index (χ4v) is 4.95. The van der Waals surface area contributed by atoms with E-state index in [0.717, 1.165) is 6.42 Å². The van der Waals surface area contributed by atoms with E-state index in [2.05, 4.69) is 72.8 Å². The Hall–Kier alpha value is -2.60. The minimum Gasteiger partial charge on any atom is -0.0754 e. The van der Waals surface area contributed by atoms with Gasteiger partial charge in [-0.25, -0.2) is 0 Å². The quantitative estimate of drug-likeness (QED) is 0.610. The van der Waals surface area contributed by atoms with Crippen LogP contribution >= 0.6 is 0 Å². The average Bonchev–Trinajstić information content (AvgIpc) is 2.97. The van der Waals surface area contributed by atoms with Crippen LogP contribution in [0.5, 0.6) is 0 Å². The molecule has 108 valence electrons. The van der Waals surface area contributed by atoms with Gasteiger partial charge >= 0.3 is 0 Å². The predicted octanol–water partition coefficient (Wildman–Crippen LogP) is 5.39. The number of allylic oxidation sites excluding steroid dienone is 6. The van der Waals surface area contributed by atoms with Gasteiger partial charge in [0.05, 0.1) is 0 Å². The third kappa shape index (κ3) is 1.42. The lowest BCUT2D eigenvalue weighted by atomic mass is 9.65. The number of hydrogen-bond acceptors (Lipinski definition) is 0. The molecule has 4 aliphatic carbocycles. The number of hydrogen-bond donors (Lipinski definition) is 0. The second-order valence-corrected chi connectivity index (χ2v) is 6.96. The summed E-state index contributed by atoms with van der Waals surface area (Å²) >= 11 is 0.